The number of hydrogen-bond donors (Lipinski definition) is 1. The molecule has 1 saturated carbocycles. The van der Waals surface area contributed by atoms with Crippen molar-refractivity contribution < 1.29 is 17.9 Å². The van der Waals surface area contributed by atoms with Crippen molar-refractivity contribution in [2.45, 2.75) is 41.1 Å². The van der Waals surface area contributed by atoms with Crippen LogP contribution in [0.5, 0.6) is 0 Å². The monoisotopic (exact) mass is 438 g/mol. The first-order valence-electron chi connectivity index (χ1n) is 9.38. The summed E-state index contributed by atoms with van der Waals surface area (Å²) in [6.07, 6.45) is 2.09. The lowest BCUT2D eigenvalue weighted by molar-refractivity contribution is -0.115. The van der Waals surface area contributed by atoms with Crippen LogP contribution in [0.2, 0.25) is 0 Å². The molecule has 1 aliphatic carbocycles. The van der Waals surface area contributed by atoms with Gasteiger partial charge in [0, 0.05) is 18.8 Å². The van der Waals surface area contributed by atoms with E-state index in [0.717, 1.165) is 12.8 Å². The number of carbonyl (C=O) groups is 1. The molecule has 1 aromatic carbocycles. The van der Waals surface area contributed by atoms with E-state index in [0.29, 0.717) is 43.2 Å². The Morgan fingerprint density at radius 3 is 2.79 bits per heavy atom. The van der Waals surface area contributed by atoms with Gasteiger partial charge in [0.15, 0.2) is 0 Å². The average Bonchev–Trinajstić information content (AvgIpc) is 3.47. The zero-order chi connectivity index (χ0) is 20.4. The van der Waals surface area contributed by atoms with Crippen LogP contribution in [0, 0.1) is 0 Å². The molecule has 1 atom stereocenters. The zero-order valence-corrected chi connectivity index (χ0v) is 17.5. The van der Waals surface area contributed by atoms with Gasteiger partial charge in [-0.1, -0.05) is 17.8 Å². The SMILES string of the molecule is C[C@@H](Sc1nnnn1C1CC1)C(=O)Nc1cccc(S(=O)(=O)N2CCOCC2)c1. The summed E-state index contributed by atoms with van der Waals surface area (Å²) in [6, 6.07) is 6.62. The molecule has 0 spiro atoms. The first-order valence-corrected chi connectivity index (χ1v) is 11.7. The third-order valence-electron chi connectivity index (χ3n) is 4.72. The summed E-state index contributed by atoms with van der Waals surface area (Å²) in [5.41, 5.74) is 0.429. The predicted octanol–water partition coefficient (Wildman–Crippen LogP) is 1.15. The van der Waals surface area contributed by atoms with Gasteiger partial charge >= 0.3 is 0 Å². The quantitative estimate of drug-likeness (QED) is 0.640. The van der Waals surface area contributed by atoms with Gasteiger partial charge in [-0.2, -0.15) is 4.31 Å². The maximum atomic E-state index is 12.8. The van der Waals surface area contributed by atoms with E-state index < -0.39 is 15.3 Å². The van der Waals surface area contributed by atoms with E-state index in [4.69, 9.17) is 4.74 Å². The molecule has 12 heteroatoms. The highest BCUT2D eigenvalue weighted by molar-refractivity contribution is 8.00. The Morgan fingerprint density at radius 2 is 2.07 bits per heavy atom. The Bertz CT molecular complexity index is 985. The summed E-state index contributed by atoms with van der Waals surface area (Å²) in [6.45, 7) is 3.17. The fourth-order valence-electron chi connectivity index (χ4n) is 2.94. The van der Waals surface area contributed by atoms with E-state index in [9.17, 15) is 13.2 Å². The normalized spacial score (nSPS) is 19.1. The largest absolute Gasteiger partial charge is 0.379 e. The van der Waals surface area contributed by atoms with Gasteiger partial charge in [-0.05, 0) is 48.4 Å². The Balaban J connectivity index is 1.43. The van der Waals surface area contributed by atoms with Crippen molar-refractivity contribution in [1.29, 1.82) is 0 Å². The molecule has 1 aliphatic heterocycles. The zero-order valence-electron chi connectivity index (χ0n) is 15.9. The van der Waals surface area contributed by atoms with E-state index in [-0.39, 0.29) is 10.8 Å². The average molecular weight is 439 g/mol. The highest BCUT2D eigenvalue weighted by Crippen LogP contribution is 2.37. The first-order chi connectivity index (χ1) is 13.9. The van der Waals surface area contributed by atoms with Crippen molar-refractivity contribution in [3.05, 3.63) is 24.3 Å². The molecule has 2 heterocycles. The van der Waals surface area contributed by atoms with Gasteiger partial charge in [-0.3, -0.25) is 4.79 Å². The van der Waals surface area contributed by atoms with Crippen LogP contribution < -0.4 is 5.32 Å². The Hall–Kier alpha value is -2.02. The van der Waals surface area contributed by atoms with Crippen LogP contribution >= 0.6 is 11.8 Å². The number of hydrogen-bond acceptors (Lipinski definition) is 8. The lowest BCUT2D eigenvalue weighted by Gasteiger charge is -2.26. The molecular formula is C17H22N6O4S2. The number of sulfonamides is 1. The third kappa shape index (κ3) is 4.60. The number of thioether (sulfide) groups is 1. The number of carbonyl (C=O) groups excluding carboxylic acids is 1. The number of aromatic nitrogens is 4. The van der Waals surface area contributed by atoms with Gasteiger partial charge in [0.05, 0.1) is 29.4 Å². The highest BCUT2D eigenvalue weighted by atomic mass is 32.2. The van der Waals surface area contributed by atoms with Crippen molar-refractivity contribution >= 4 is 33.4 Å². The molecule has 2 aliphatic rings. The number of anilines is 1. The molecule has 0 bridgehead atoms. The van der Waals surface area contributed by atoms with Crippen LogP contribution in [0.3, 0.4) is 0 Å². The molecule has 29 heavy (non-hydrogen) atoms. The lowest BCUT2D eigenvalue weighted by Crippen LogP contribution is -2.40. The van der Waals surface area contributed by atoms with E-state index in [1.807, 2.05) is 0 Å². The molecule has 4 rings (SSSR count). The summed E-state index contributed by atoms with van der Waals surface area (Å²) >= 11 is 1.28. The topological polar surface area (TPSA) is 119 Å². The standard InChI is InChI=1S/C17H22N6O4S2/c1-12(28-17-19-20-21-23(17)14-5-6-14)16(24)18-13-3-2-4-15(11-13)29(25,26)22-7-9-27-10-8-22/h2-4,11-12,14H,5-10H2,1H3,(H,18,24)/t12-/m1/s1. The van der Waals surface area contributed by atoms with E-state index >= 15 is 0 Å². The molecule has 1 N–H and O–H groups in total. The second kappa shape index (κ2) is 8.38. The van der Waals surface area contributed by atoms with Crippen molar-refractivity contribution in [1.82, 2.24) is 24.5 Å². The lowest BCUT2D eigenvalue weighted by atomic mass is 10.3. The minimum Gasteiger partial charge on any atom is -0.379 e. The summed E-state index contributed by atoms with van der Waals surface area (Å²) in [5, 5.41) is 14.6. The predicted molar refractivity (Wildman–Crippen MR) is 106 cm³/mol. The van der Waals surface area contributed by atoms with Crippen LogP contribution in [0.15, 0.2) is 34.3 Å². The molecule has 1 amide bonds. The van der Waals surface area contributed by atoms with Crippen molar-refractivity contribution in [2.24, 2.45) is 0 Å². The molecule has 0 radical (unpaired) electrons. The summed E-state index contributed by atoms with van der Waals surface area (Å²) in [7, 11) is -3.62. The number of nitrogens with zero attached hydrogens (tertiary/aromatic N) is 5. The summed E-state index contributed by atoms with van der Waals surface area (Å²) in [5.74, 6) is -0.249. The smallest absolute Gasteiger partial charge is 0.243 e. The van der Waals surface area contributed by atoms with Gasteiger partial charge in [0.1, 0.15) is 0 Å². The van der Waals surface area contributed by atoms with Crippen LogP contribution in [-0.4, -0.2) is 70.4 Å². The fraction of sp³-hybridized carbons (Fsp3) is 0.529. The first kappa shape index (κ1) is 20.3. The molecule has 1 aromatic heterocycles. The van der Waals surface area contributed by atoms with Gasteiger partial charge in [0.2, 0.25) is 21.1 Å². The van der Waals surface area contributed by atoms with Gasteiger partial charge < -0.3 is 10.1 Å². The number of ether oxygens (including phenoxy) is 1. The molecular weight excluding hydrogens is 416 g/mol. The van der Waals surface area contributed by atoms with E-state index in [1.54, 1.807) is 23.7 Å². The van der Waals surface area contributed by atoms with E-state index in [1.165, 1.54) is 28.2 Å². The fourth-order valence-corrected chi connectivity index (χ4v) is 5.25. The minimum atomic E-state index is -3.62. The number of benzene rings is 1. The third-order valence-corrected chi connectivity index (χ3v) is 7.66. The molecule has 156 valence electrons. The second-order valence-corrected chi connectivity index (χ2v) is 10.2. The molecule has 10 nitrogen and oxygen atoms in total. The van der Waals surface area contributed by atoms with Gasteiger partial charge in [-0.15, -0.1) is 5.10 Å². The van der Waals surface area contributed by atoms with Crippen LogP contribution in [0.4, 0.5) is 5.69 Å². The Morgan fingerprint density at radius 1 is 1.31 bits per heavy atom. The van der Waals surface area contributed by atoms with Crippen LogP contribution in [0.25, 0.3) is 0 Å². The second-order valence-electron chi connectivity index (χ2n) is 6.93. The van der Waals surface area contributed by atoms with Crippen molar-refractivity contribution in [2.75, 3.05) is 31.6 Å². The maximum Gasteiger partial charge on any atom is 0.243 e. The molecule has 1 saturated heterocycles. The molecule has 0 unspecified atom stereocenters. The maximum absolute atomic E-state index is 12.8. The number of tetrazole rings is 1. The molecule has 2 aromatic rings. The molecule has 2 fully saturated rings. The minimum absolute atomic E-state index is 0.148. The van der Waals surface area contributed by atoms with Crippen molar-refractivity contribution in [3.63, 3.8) is 0 Å². The Kier molecular flexibility index (Phi) is 5.86. The number of nitrogens with one attached hydrogen (secondary N) is 1. The van der Waals surface area contributed by atoms with Crippen molar-refractivity contribution in [3.8, 4) is 0 Å². The van der Waals surface area contributed by atoms with Gasteiger partial charge in [-0.25, -0.2) is 13.1 Å². The highest BCUT2D eigenvalue weighted by Gasteiger charge is 2.30. The van der Waals surface area contributed by atoms with Crippen LogP contribution in [-0.2, 0) is 19.6 Å². The number of rotatable bonds is 7. The van der Waals surface area contributed by atoms with E-state index in [2.05, 4.69) is 20.8 Å². The van der Waals surface area contributed by atoms with Crippen LogP contribution in [0.1, 0.15) is 25.8 Å². The summed E-state index contributed by atoms with van der Waals surface area (Å²) in [4.78, 5) is 12.8. The Labute approximate surface area is 173 Å². The number of amides is 1. The number of morpholine rings is 1. The summed E-state index contributed by atoms with van der Waals surface area (Å²) < 4.78 is 34.0. The van der Waals surface area contributed by atoms with Gasteiger partial charge in [0.25, 0.3) is 0 Å².